The van der Waals surface area contributed by atoms with Gasteiger partial charge < -0.3 is 5.11 Å². The molecule has 0 amide bonds. The van der Waals surface area contributed by atoms with Gasteiger partial charge in [0.2, 0.25) is 0 Å². The number of allylic oxidation sites excluding steroid dienone is 1. The van der Waals surface area contributed by atoms with E-state index in [1.54, 1.807) is 6.08 Å². The molecule has 0 atom stereocenters. The van der Waals surface area contributed by atoms with Gasteiger partial charge >= 0.3 is 0 Å². The molecule has 0 bridgehead atoms. The van der Waals surface area contributed by atoms with Crippen molar-refractivity contribution in [1.29, 1.82) is 0 Å². The van der Waals surface area contributed by atoms with Gasteiger partial charge in [0.1, 0.15) is 0 Å². The Bertz CT molecular complexity index is 130. The van der Waals surface area contributed by atoms with E-state index in [1.165, 1.54) is 5.54 Å². The van der Waals surface area contributed by atoms with Gasteiger partial charge in [-0.05, 0) is 12.5 Å². The summed E-state index contributed by atoms with van der Waals surface area (Å²) >= 11 is 5.18. The minimum Gasteiger partial charge on any atom is -0.396 e. The molecule has 2 heteroatoms. The van der Waals surface area contributed by atoms with Crippen LogP contribution in [0.4, 0.5) is 0 Å². The zero-order chi connectivity index (χ0) is 6.95. The molecule has 1 nitrogen and oxygen atoms in total. The summed E-state index contributed by atoms with van der Waals surface area (Å²) in [6.45, 7) is 0.208. The fourth-order valence-electron chi connectivity index (χ4n) is 0.330. The lowest BCUT2D eigenvalue weighted by atomic mass is 10.3. The van der Waals surface area contributed by atoms with Crippen molar-refractivity contribution < 1.29 is 5.11 Å². The third-order valence-electron chi connectivity index (χ3n) is 0.708. The summed E-state index contributed by atoms with van der Waals surface area (Å²) in [5.74, 6) is 5.50. The second-order valence-corrected chi connectivity index (χ2v) is 1.69. The molecular weight excluding hydrogens is 136 g/mol. The lowest BCUT2D eigenvalue weighted by Crippen LogP contribution is -1.77. The van der Waals surface area contributed by atoms with E-state index in [0.717, 1.165) is 12.8 Å². The second kappa shape index (κ2) is 7.55. The average molecular weight is 145 g/mol. The van der Waals surface area contributed by atoms with E-state index >= 15 is 0 Å². The van der Waals surface area contributed by atoms with Crippen LogP contribution in [0.15, 0.2) is 11.6 Å². The van der Waals surface area contributed by atoms with Crippen LogP contribution in [0.5, 0.6) is 0 Å². The van der Waals surface area contributed by atoms with Crippen molar-refractivity contribution in [3.63, 3.8) is 0 Å². The van der Waals surface area contributed by atoms with Crippen LogP contribution in [-0.2, 0) is 0 Å². The largest absolute Gasteiger partial charge is 0.396 e. The third kappa shape index (κ3) is 7.55. The maximum Gasteiger partial charge on any atom is 0.0440 e. The number of halogens is 1. The number of aliphatic hydroxyl groups excluding tert-OH is 1. The van der Waals surface area contributed by atoms with E-state index < -0.39 is 0 Å². The number of rotatable bonds is 2. The van der Waals surface area contributed by atoms with Crippen molar-refractivity contribution in [3.05, 3.63) is 11.6 Å². The molecule has 0 aromatic carbocycles. The smallest absolute Gasteiger partial charge is 0.0440 e. The Morgan fingerprint density at radius 1 is 1.56 bits per heavy atom. The Labute approximate surface area is 60.3 Å². The molecule has 0 saturated heterocycles. The molecule has 1 N–H and O–H groups in total. The fraction of sp³-hybridized carbons (Fsp3) is 0.429. The summed E-state index contributed by atoms with van der Waals surface area (Å²) in [7, 11) is 0. The SMILES string of the molecule is OCCCC#CC=CCl. The van der Waals surface area contributed by atoms with Crippen molar-refractivity contribution in [2.45, 2.75) is 12.8 Å². The van der Waals surface area contributed by atoms with Crippen molar-refractivity contribution in [1.82, 2.24) is 0 Å². The molecule has 0 spiro atoms. The van der Waals surface area contributed by atoms with Gasteiger partial charge in [-0.25, -0.2) is 0 Å². The summed E-state index contributed by atoms with van der Waals surface area (Å²) in [6.07, 6.45) is 3.04. The van der Waals surface area contributed by atoms with Gasteiger partial charge in [0.25, 0.3) is 0 Å². The average Bonchev–Trinajstić information content (AvgIpc) is 1.89. The molecule has 0 fully saturated rings. The first-order valence-electron chi connectivity index (χ1n) is 2.76. The standard InChI is InChI=1S/C7H9ClO/c8-6-4-2-1-3-5-7-9/h4,6,9H,3,5,7H2. The highest BCUT2D eigenvalue weighted by Gasteiger charge is 1.74. The summed E-state index contributed by atoms with van der Waals surface area (Å²) in [4.78, 5) is 0. The first kappa shape index (κ1) is 8.55. The number of hydrogen-bond donors (Lipinski definition) is 1. The highest BCUT2D eigenvalue weighted by atomic mass is 35.5. The summed E-state index contributed by atoms with van der Waals surface area (Å²) in [5.41, 5.74) is 1.37. The minimum absolute atomic E-state index is 0.208. The number of aliphatic hydroxyl groups is 1. The normalized spacial score (nSPS) is 9.11. The van der Waals surface area contributed by atoms with Crippen LogP contribution in [0.25, 0.3) is 0 Å². The van der Waals surface area contributed by atoms with Crippen LogP contribution in [-0.4, -0.2) is 11.7 Å². The molecule has 0 aromatic rings. The van der Waals surface area contributed by atoms with E-state index in [4.69, 9.17) is 16.7 Å². The van der Waals surface area contributed by atoms with Crippen molar-refractivity contribution >= 4 is 11.6 Å². The van der Waals surface area contributed by atoms with E-state index in [9.17, 15) is 0 Å². The fourth-order valence-corrected chi connectivity index (χ4v) is 0.393. The molecule has 0 aliphatic rings. The predicted octanol–water partition coefficient (Wildman–Crippen LogP) is 1.51. The first-order chi connectivity index (χ1) is 4.41. The molecule has 0 saturated carbocycles. The topological polar surface area (TPSA) is 20.2 Å². The minimum atomic E-state index is 0.208. The Balaban J connectivity index is 3.16. The van der Waals surface area contributed by atoms with Crippen molar-refractivity contribution in [2.24, 2.45) is 0 Å². The van der Waals surface area contributed by atoms with Gasteiger partial charge in [-0.1, -0.05) is 23.4 Å². The number of hydrogen-bond acceptors (Lipinski definition) is 1. The molecular formula is C7H9ClO. The zero-order valence-electron chi connectivity index (χ0n) is 5.10. The predicted molar refractivity (Wildman–Crippen MR) is 39.1 cm³/mol. The van der Waals surface area contributed by atoms with E-state index in [1.807, 2.05) is 0 Å². The maximum atomic E-state index is 8.31. The summed E-state index contributed by atoms with van der Waals surface area (Å²) < 4.78 is 0. The lowest BCUT2D eigenvalue weighted by molar-refractivity contribution is 0.290. The highest BCUT2D eigenvalue weighted by Crippen LogP contribution is 1.82. The van der Waals surface area contributed by atoms with Crippen LogP contribution in [0.1, 0.15) is 12.8 Å². The van der Waals surface area contributed by atoms with Crippen LogP contribution < -0.4 is 0 Å². The Kier molecular flexibility index (Phi) is 7.17. The molecule has 0 aliphatic heterocycles. The van der Waals surface area contributed by atoms with Gasteiger partial charge in [-0.15, -0.1) is 0 Å². The molecule has 0 heterocycles. The zero-order valence-corrected chi connectivity index (χ0v) is 5.86. The lowest BCUT2D eigenvalue weighted by Gasteiger charge is -1.81. The molecule has 9 heavy (non-hydrogen) atoms. The van der Waals surface area contributed by atoms with Crippen LogP contribution in [0.3, 0.4) is 0 Å². The van der Waals surface area contributed by atoms with Gasteiger partial charge in [0, 0.05) is 18.6 Å². The summed E-state index contributed by atoms with van der Waals surface area (Å²) in [6, 6.07) is 0. The van der Waals surface area contributed by atoms with Crippen LogP contribution in [0, 0.1) is 11.8 Å². The Hall–Kier alpha value is -0.450. The van der Waals surface area contributed by atoms with Crippen LogP contribution >= 0.6 is 11.6 Å². The maximum absolute atomic E-state index is 8.31. The van der Waals surface area contributed by atoms with E-state index in [0.29, 0.717) is 0 Å². The molecule has 0 radical (unpaired) electrons. The second-order valence-electron chi connectivity index (χ2n) is 1.44. The third-order valence-corrected chi connectivity index (χ3v) is 0.834. The van der Waals surface area contributed by atoms with Gasteiger partial charge in [-0.2, -0.15) is 0 Å². The Morgan fingerprint density at radius 2 is 2.33 bits per heavy atom. The molecule has 0 unspecified atom stereocenters. The van der Waals surface area contributed by atoms with Gasteiger partial charge in [0.15, 0.2) is 0 Å². The van der Waals surface area contributed by atoms with Crippen LogP contribution in [0.2, 0.25) is 0 Å². The molecule has 0 aliphatic carbocycles. The van der Waals surface area contributed by atoms with Gasteiger partial charge in [-0.3, -0.25) is 0 Å². The number of unbranched alkanes of at least 4 members (excludes halogenated alkanes) is 1. The Morgan fingerprint density at radius 3 is 2.89 bits per heavy atom. The molecule has 50 valence electrons. The molecule has 0 aromatic heterocycles. The van der Waals surface area contributed by atoms with Crippen molar-refractivity contribution in [3.8, 4) is 11.8 Å². The molecule has 0 rings (SSSR count). The monoisotopic (exact) mass is 144 g/mol. The quantitative estimate of drug-likeness (QED) is 0.460. The highest BCUT2D eigenvalue weighted by molar-refractivity contribution is 6.25. The van der Waals surface area contributed by atoms with E-state index in [2.05, 4.69) is 11.8 Å². The first-order valence-corrected chi connectivity index (χ1v) is 3.20. The van der Waals surface area contributed by atoms with Crippen molar-refractivity contribution in [2.75, 3.05) is 6.61 Å². The summed E-state index contributed by atoms with van der Waals surface area (Å²) in [5, 5.41) is 8.31. The van der Waals surface area contributed by atoms with Gasteiger partial charge in [0.05, 0.1) is 0 Å². The van der Waals surface area contributed by atoms with E-state index in [-0.39, 0.29) is 6.61 Å².